The van der Waals surface area contributed by atoms with Gasteiger partial charge in [0.25, 0.3) is 0 Å². The zero-order valence-corrected chi connectivity index (χ0v) is 14.7. The van der Waals surface area contributed by atoms with E-state index in [1.807, 2.05) is 31.3 Å². The molecule has 0 spiro atoms. The van der Waals surface area contributed by atoms with Crippen LogP contribution in [0.15, 0.2) is 30.3 Å². The van der Waals surface area contributed by atoms with Gasteiger partial charge in [0.1, 0.15) is 6.04 Å². The summed E-state index contributed by atoms with van der Waals surface area (Å²) in [4.78, 5) is 22.9. The molecule has 0 aliphatic heterocycles. The smallest absolute Gasteiger partial charge is 0.354 e. The number of nitrogens with one attached hydrogen (secondary N) is 2. The molecule has 1 aromatic carbocycles. The van der Waals surface area contributed by atoms with Gasteiger partial charge in [-0.3, -0.25) is 9.59 Å². The van der Waals surface area contributed by atoms with Crippen molar-refractivity contribution >= 4 is 22.7 Å². The van der Waals surface area contributed by atoms with Crippen LogP contribution < -0.4 is 10.6 Å². The zero-order chi connectivity index (χ0) is 19.3. The molecule has 142 valence electrons. The minimum absolute atomic E-state index is 0.0802. The summed E-state index contributed by atoms with van der Waals surface area (Å²) in [6.45, 7) is 1.86. The highest BCUT2D eigenvalue weighted by atomic mass is 19.4. The van der Waals surface area contributed by atoms with Crippen molar-refractivity contribution in [3.05, 3.63) is 36.0 Å². The third-order valence-corrected chi connectivity index (χ3v) is 4.25. The number of rotatable bonds is 7. The van der Waals surface area contributed by atoms with E-state index < -0.39 is 24.0 Å². The van der Waals surface area contributed by atoms with E-state index in [1.54, 1.807) is 5.32 Å². The molecule has 2 N–H and O–H groups in total. The molecule has 26 heavy (non-hydrogen) atoms. The predicted octanol–water partition coefficient (Wildman–Crippen LogP) is 2.68. The van der Waals surface area contributed by atoms with Crippen molar-refractivity contribution in [2.24, 2.45) is 7.05 Å². The summed E-state index contributed by atoms with van der Waals surface area (Å²) in [5, 5.41) is 5.43. The molecule has 0 saturated carbocycles. The summed E-state index contributed by atoms with van der Waals surface area (Å²) in [7, 11) is 1.97. The van der Waals surface area contributed by atoms with Crippen LogP contribution in [0.1, 0.15) is 25.5 Å². The quantitative estimate of drug-likeness (QED) is 0.737. The van der Waals surface area contributed by atoms with Gasteiger partial charge in [0.2, 0.25) is 5.91 Å². The highest BCUT2D eigenvalue weighted by molar-refractivity contribution is 5.89. The number of carbonyl (C=O) groups excluding carboxylic acids is 2. The van der Waals surface area contributed by atoms with Crippen LogP contribution in [-0.2, 0) is 23.1 Å². The molecule has 1 aromatic heterocycles. The van der Waals surface area contributed by atoms with Crippen LogP contribution in [0, 0.1) is 0 Å². The van der Waals surface area contributed by atoms with E-state index >= 15 is 0 Å². The van der Waals surface area contributed by atoms with E-state index in [-0.39, 0.29) is 6.42 Å². The van der Waals surface area contributed by atoms with Gasteiger partial charge in [-0.15, -0.1) is 0 Å². The number of nitrogens with zero attached hydrogens (tertiary/aromatic N) is 1. The number of alkyl halides is 3. The number of aryl methyl sites for hydroxylation is 2. The van der Waals surface area contributed by atoms with Crippen LogP contribution >= 0.6 is 0 Å². The average molecular weight is 369 g/mol. The number of aromatic nitrogens is 1. The normalized spacial score (nSPS) is 12.8. The lowest BCUT2D eigenvalue weighted by Crippen LogP contribution is -2.50. The largest absolute Gasteiger partial charge is 0.471 e. The second-order valence-electron chi connectivity index (χ2n) is 6.08. The summed E-state index contributed by atoms with van der Waals surface area (Å²) >= 11 is 0. The molecule has 2 rings (SSSR count). The van der Waals surface area contributed by atoms with Crippen molar-refractivity contribution in [1.82, 2.24) is 15.2 Å². The van der Waals surface area contributed by atoms with E-state index in [9.17, 15) is 22.8 Å². The highest BCUT2D eigenvalue weighted by Gasteiger charge is 2.40. The first-order valence-corrected chi connectivity index (χ1v) is 8.42. The fourth-order valence-electron chi connectivity index (χ4n) is 2.78. The topological polar surface area (TPSA) is 63.1 Å². The average Bonchev–Trinajstić information content (AvgIpc) is 2.91. The number of carbonyl (C=O) groups is 2. The Balaban J connectivity index is 1.83. The number of hydrogen-bond donors (Lipinski definition) is 2. The summed E-state index contributed by atoms with van der Waals surface area (Å²) in [5.41, 5.74) is 2.23. The molecule has 1 atom stereocenters. The number of fused-ring (bicyclic) bond motifs is 1. The monoisotopic (exact) mass is 369 g/mol. The van der Waals surface area contributed by atoms with Crippen LogP contribution in [-0.4, -0.2) is 35.1 Å². The standard InChI is InChI=1S/C18H22F3N3O2/c1-3-14(23-17(26)18(19,20)21)16(25)22-10-6-8-13-11-12-7-4-5-9-15(12)24(13)2/h4-5,7,9,11,14H,3,6,8,10H2,1-2H3,(H,22,25)(H,23,26)/t14-/m0/s1. The molecular weight excluding hydrogens is 347 g/mol. The van der Waals surface area contributed by atoms with Crippen LogP contribution in [0.25, 0.3) is 10.9 Å². The Morgan fingerprint density at radius 2 is 1.92 bits per heavy atom. The second-order valence-corrected chi connectivity index (χ2v) is 6.08. The van der Waals surface area contributed by atoms with Crippen LogP contribution in [0.3, 0.4) is 0 Å². The van der Waals surface area contributed by atoms with Gasteiger partial charge in [0, 0.05) is 24.8 Å². The predicted molar refractivity (Wildman–Crippen MR) is 92.5 cm³/mol. The van der Waals surface area contributed by atoms with Crippen molar-refractivity contribution in [3.8, 4) is 0 Å². The molecule has 5 nitrogen and oxygen atoms in total. The lowest BCUT2D eigenvalue weighted by Gasteiger charge is -2.17. The lowest BCUT2D eigenvalue weighted by molar-refractivity contribution is -0.174. The Hall–Kier alpha value is -2.51. The minimum Gasteiger partial charge on any atom is -0.354 e. The van der Waals surface area contributed by atoms with Gasteiger partial charge >= 0.3 is 12.1 Å². The number of amides is 2. The Kier molecular flexibility index (Phi) is 6.28. The van der Waals surface area contributed by atoms with E-state index in [0.717, 1.165) is 23.0 Å². The molecule has 2 aromatic rings. The molecule has 0 fully saturated rings. The molecule has 0 aliphatic rings. The lowest BCUT2D eigenvalue weighted by atomic mass is 10.2. The van der Waals surface area contributed by atoms with E-state index in [2.05, 4.69) is 16.0 Å². The Morgan fingerprint density at radius 1 is 1.23 bits per heavy atom. The van der Waals surface area contributed by atoms with Gasteiger partial charge in [0.05, 0.1) is 0 Å². The SMILES string of the molecule is CC[C@H](NC(=O)C(F)(F)F)C(=O)NCCCc1cc2ccccc2n1C. The summed E-state index contributed by atoms with van der Waals surface area (Å²) in [6.07, 6.45) is -3.56. The first kappa shape index (κ1) is 19.8. The molecule has 1 heterocycles. The van der Waals surface area contributed by atoms with Gasteiger partial charge in [-0.1, -0.05) is 25.1 Å². The molecule has 2 amide bonds. The summed E-state index contributed by atoms with van der Waals surface area (Å²) in [5.74, 6) is -2.71. The van der Waals surface area contributed by atoms with Crippen LogP contribution in [0.2, 0.25) is 0 Å². The van der Waals surface area contributed by atoms with Crippen LogP contribution in [0.5, 0.6) is 0 Å². The van der Waals surface area contributed by atoms with Gasteiger partial charge in [-0.05, 0) is 36.8 Å². The molecular formula is C18H22F3N3O2. The number of benzene rings is 1. The maximum absolute atomic E-state index is 12.3. The van der Waals surface area contributed by atoms with Gasteiger partial charge in [-0.2, -0.15) is 13.2 Å². The molecule has 0 radical (unpaired) electrons. The fourth-order valence-corrected chi connectivity index (χ4v) is 2.78. The first-order chi connectivity index (χ1) is 12.2. The maximum Gasteiger partial charge on any atom is 0.471 e. The number of hydrogen-bond acceptors (Lipinski definition) is 2. The number of para-hydroxylation sites is 1. The van der Waals surface area contributed by atoms with Gasteiger partial charge in [0.15, 0.2) is 0 Å². The minimum atomic E-state index is -5.00. The Morgan fingerprint density at radius 3 is 2.54 bits per heavy atom. The molecule has 0 unspecified atom stereocenters. The van der Waals surface area contributed by atoms with E-state index in [1.165, 1.54) is 6.92 Å². The zero-order valence-electron chi connectivity index (χ0n) is 14.7. The van der Waals surface area contributed by atoms with Gasteiger partial charge in [-0.25, -0.2) is 0 Å². The fraction of sp³-hybridized carbons (Fsp3) is 0.444. The molecule has 0 bridgehead atoms. The third kappa shape index (κ3) is 4.77. The Labute approximate surface area is 149 Å². The molecule has 8 heteroatoms. The summed E-state index contributed by atoms with van der Waals surface area (Å²) < 4.78 is 38.9. The number of halogens is 3. The first-order valence-electron chi connectivity index (χ1n) is 8.42. The van der Waals surface area contributed by atoms with E-state index in [0.29, 0.717) is 13.0 Å². The Bertz CT molecular complexity index is 784. The molecule has 0 saturated heterocycles. The van der Waals surface area contributed by atoms with Crippen molar-refractivity contribution < 1.29 is 22.8 Å². The third-order valence-electron chi connectivity index (χ3n) is 4.25. The van der Waals surface area contributed by atoms with Crippen molar-refractivity contribution in [3.63, 3.8) is 0 Å². The van der Waals surface area contributed by atoms with Crippen molar-refractivity contribution in [2.75, 3.05) is 6.54 Å². The van der Waals surface area contributed by atoms with Crippen molar-refractivity contribution in [2.45, 2.75) is 38.4 Å². The summed E-state index contributed by atoms with van der Waals surface area (Å²) in [6, 6.07) is 8.86. The highest BCUT2D eigenvalue weighted by Crippen LogP contribution is 2.19. The van der Waals surface area contributed by atoms with E-state index in [4.69, 9.17) is 0 Å². The maximum atomic E-state index is 12.3. The second kappa shape index (κ2) is 8.25. The van der Waals surface area contributed by atoms with Crippen molar-refractivity contribution in [1.29, 1.82) is 0 Å². The molecule has 0 aliphatic carbocycles. The van der Waals surface area contributed by atoms with Crippen LogP contribution in [0.4, 0.5) is 13.2 Å². The van der Waals surface area contributed by atoms with Gasteiger partial charge < -0.3 is 15.2 Å².